The summed E-state index contributed by atoms with van der Waals surface area (Å²) in [6.45, 7) is 1.13. The van der Waals surface area contributed by atoms with Crippen LogP contribution in [0.4, 0.5) is 5.82 Å². The third-order valence-corrected chi connectivity index (χ3v) is 8.62. The maximum atomic E-state index is 12.9. The molecule has 1 saturated heterocycles. The molecule has 0 aromatic carbocycles. The highest BCUT2D eigenvalue weighted by Crippen LogP contribution is 2.33. The number of aliphatic hydroxyl groups excluding tert-OH is 1. The number of anilines is 1. The largest absolute Gasteiger partial charge is 0.396 e. The maximum absolute atomic E-state index is 12.9. The first-order valence-corrected chi connectivity index (χ1v) is 12.2. The van der Waals surface area contributed by atoms with Crippen LogP contribution in [0.15, 0.2) is 18.6 Å². The zero-order chi connectivity index (χ0) is 20.4. The van der Waals surface area contributed by atoms with E-state index in [-0.39, 0.29) is 24.2 Å². The molecule has 2 aromatic heterocycles. The monoisotopic (exact) mass is 421 g/mol. The van der Waals surface area contributed by atoms with Crippen LogP contribution in [0.5, 0.6) is 0 Å². The zero-order valence-electron chi connectivity index (χ0n) is 17.0. The lowest BCUT2D eigenvalue weighted by molar-refractivity contribution is 0.165. The second-order valence-electron chi connectivity index (χ2n) is 8.55. The second-order valence-corrected chi connectivity index (χ2v) is 10.6. The lowest BCUT2D eigenvalue weighted by Crippen LogP contribution is -2.44. The molecule has 0 radical (unpaired) electrons. The van der Waals surface area contributed by atoms with Crippen LogP contribution >= 0.6 is 0 Å². The number of hydrogen-bond acceptors (Lipinski definition) is 6. The molecule has 2 aromatic rings. The van der Waals surface area contributed by atoms with E-state index < -0.39 is 10.0 Å². The number of hydrogen-bond donors (Lipinski definition) is 2. The number of aromatic nitrogens is 3. The van der Waals surface area contributed by atoms with Crippen molar-refractivity contribution in [1.82, 2.24) is 19.3 Å². The minimum absolute atomic E-state index is 0.0704. The Morgan fingerprint density at radius 3 is 2.76 bits per heavy atom. The molecular weight excluding hydrogens is 390 g/mol. The Labute approximate surface area is 172 Å². The third kappa shape index (κ3) is 4.41. The zero-order valence-corrected chi connectivity index (χ0v) is 17.8. The van der Waals surface area contributed by atoms with Crippen LogP contribution in [0, 0.1) is 11.8 Å². The molecule has 1 saturated carbocycles. The van der Waals surface area contributed by atoms with Crippen LogP contribution < -0.4 is 4.90 Å². The van der Waals surface area contributed by atoms with Crippen molar-refractivity contribution in [3.05, 3.63) is 18.6 Å². The van der Waals surface area contributed by atoms with Gasteiger partial charge in [-0.05, 0) is 56.4 Å². The SMILES string of the molecule is CN(c1ncnc2[nH]ccc12)C1CCC(CS(=O)(=O)N2CCC[C@H](CO)C2)CC1. The van der Waals surface area contributed by atoms with E-state index in [2.05, 4.69) is 26.9 Å². The standard InChI is InChI=1S/C20H31N5O3S/c1-24(20-18-8-9-21-19(18)22-14-23-20)17-6-4-15(5-7-17)13-29(27,28)25-10-2-3-16(11-25)12-26/h8-9,14-17,26H,2-7,10-13H2,1H3,(H,21,22,23)/t15?,16-,17?/m0/s1. The number of aliphatic hydroxyl groups is 1. The van der Waals surface area contributed by atoms with Gasteiger partial charge in [0.1, 0.15) is 17.8 Å². The van der Waals surface area contributed by atoms with Crippen LogP contribution in [0.3, 0.4) is 0 Å². The van der Waals surface area contributed by atoms with E-state index in [0.717, 1.165) is 55.4 Å². The van der Waals surface area contributed by atoms with Crippen molar-refractivity contribution in [1.29, 1.82) is 0 Å². The van der Waals surface area contributed by atoms with Gasteiger partial charge in [0.15, 0.2) is 0 Å². The molecule has 2 aliphatic rings. The van der Waals surface area contributed by atoms with Gasteiger partial charge in [-0.25, -0.2) is 22.7 Å². The Balaban J connectivity index is 1.35. The fourth-order valence-corrected chi connectivity index (χ4v) is 6.83. The summed E-state index contributed by atoms with van der Waals surface area (Å²) in [4.78, 5) is 14.1. The number of piperidine rings is 1. The topological polar surface area (TPSA) is 102 Å². The summed E-state index contributed by atoms with van der Waals surface area (Å²) in [6, 6.07) is 2.35. The molecule has 2 fully saturated rings. The molecule has 1 aliphatic heterocycles. The molecule has 2 N–H and O–H groups in total. The number of H-pyrrole nitrogens is 1. The average molecular weight is 422 g/mol. The highest BCUT2D eigenvalue weighted by molar-refractivity contribution is 7.89. The Morgan fingerprint density at radius 2 is 2.00 bits per heavy atom. The molecule has 8 nitrogen and oxygen atoms in total. The van der Waals surface area contributed by atoms with Crippen molar-refractivity contribution in [2.45, 2.75) is 44.6 Å². The summed E-state index contributed by atoms with van der Waals surface area (Å²) in [5.41, 5.74) is 0.837. The predicted molar refractivity (Wildman–Crippen MR) is 113 cm³/mol. The first kappa shape index (κ1) is 20.6. The number of sulfonamides is 1. The van der Waals surface area contributed by atoms with Gasteiger partial charge in [-0.3, -0.25) is 0 Å². The summed E-state index contributed by atoms with van der Waals surface area (Å²) < 4.78 is 27.4. The van der Waals surface area contributed by atoms with Gasteiger partial charge in [-0.2, -0.15) is 0 Å². The minimum Gasteiger partial charge on any atom is -0.396 e. The molecule has 9 heteroatoms. The Morgan fingerprint density at radius 1 is 1.21 bits per heavy atom. The summed E-state index contributed by atoms with van der Waals surface area (Å²) in [7, 11) is -1.18. The molecule has 0 unspecified atom stereocenters. The van der Waals surface area contributed by atoms with Crippen LogP contribution in [-0.4, -0.2) is 71.3 Å². The van der Waals surface area contributed by atoms with E-state index in [4.69, 9.17) is 0 Å². The summed E-state index contributed by atoms with van der Waals surface area (Å²) >= 11 is 0. The first-order valence-electron chi connectivity index (χ1n) is 10.6. The number of rotatable bonds is 6. The predicted octanol–water partition coefficient (Wildman–Crippen LogP) is 1.99. The van der Waals surface area contributed by atoms with E-state index >= 15 is 0 Å². The number of nitrogens with zero attached hydrogens (tertiary/aromatic N) is 4. The van der Waals surface area contributed by atoms with Gasteiger partial charge in [-0.15, -0.1) is 0 Å². The van der Waals surface area contributed by atoms with E-state index in [0.29, 0.717) is 19.1 Å². The number of nitrogens with one attached hydrogen (secondary N) is 1. The van der Waals surface area contributed by atoms with Gasteiger partial charge < -0.3 is 15.0 Å². The molecule has 29 heavy (non-hydrogen) atoms. The lowest BCUT2D eigenvalue weighted by atomic mass is 9.86. The van der Waals surface area contributed by atoms with Crippen molar-refractivity contribution in [3.63, 3.8) is 0 Å². The van der Waals surface area contributed by atoms with Crippen LogP contribution in [0.1, 0.15) is 38.5 Å². The van der Waals surface area contributed by atoms with E-state index in [1.807, 2.05) is 12.3 Å². The van der Waals surface area contributed by atoms with E-state index in [9.17, 15) is 13.5 Å². The molecule has 0 amide bonds. The average Bonchev–Trinajstić information content (AvgIpc) is 3.22. The van der Waals surface area contributed by atoms with Crippen molar-refractivity contribution in [2.24, 2.45) is 11.8 Å². The number of aromatic amines is 1. The smallest absolute Gasteiger partial charge is 0.214 e. The van der Waals surface area contributed by atoms with E-state index in [1.165, 1.54) is 0 Å². The molecule has 1 aliphatic carbocycles. The van der Waals surface area contributed by atoms with Crippen molar-refractivity contribution >= 4 is 26.9 Å². The van der Waals surface area contributed by atoms with Crippen LogP contribution in [0.2, 0.25) is 0 Å². The molecule has 4 rings (SSSR count). The van der Waals surface area contributed by atoms with Crippen molar-refractivity contribution in [3.8, 4) is 0 Å². The Hall–Kier alpha value is -1.71. The van der Waals surface area contributed by atoms with Gasteiger partial charge in [0, 0.05) is 39.0 Å². The highest BCUT2D eigenvalue weighted by atomic mass is 32.2. The van der Waals surface area contributed by atoms with Gasteiger partial charge in [0.25, 0.3) is 0 Å². The van der Waals surface area contributed by atoms with Crippen LogP contribution in [0.25, 0.3) is 11.0 Å². The van der Waals surface area contributed by atoms with Gasteiger partial charge in [-0.1, -0.05) is 0 Å². The minimum atomic E-state index is -3.25. The van der Waals surface area contributed by atoms with Crippen molar-refractivity contribution < 1.29 is 13.5 Å². The quantitative estimate of drug-likeness (QED) is 0.739. The molecule has 1 atom stereocenters. The molecule has 160 valence electrons. The summed E-state index contributed by atoms with van der Waals surface area (Å²) in [6.07, 6.45) is 8.96. The normalized spacial score (nSPS) is 26.6. The Bertz CT molecular complexity index is 923. The lowest BCUT2D eigenvalue weighted by Gasteiger charge is -2.37. The molecule has 3 heterocycles. The first-order chi connectivity index (χ1) is 14.0. The van der Waals surface area contributed by atoms with Gasteiger partial charge in [0.05, 0.1) is 11.1 Å². The van der Waals surface area contributed by atoms with Crippen molar-refractivity contribution in [2.75, 3.05) is 37.4 Å². The summed E-state index contributed by atoms with van der Waals surface area (Å²) in [5, 5.41) is 10.4. The maximum Gasteiger partial charge on any atom is 0.214 e. The summed E-state index contributed by atoms with van der Waals surface area (Å²) in [5.74, 6) is 1.45. The highest BCUT2D eigenvalue weighted by Gasteiger charge is 2.33. The molecular formula is C20H31N5O3S. The van der Waals surface area contributed by atoms with Gasteiger partial charge in [0.2, 0.25) is 10.0 Å². The fourth-order valence-electron chi connectivity index (χ4n) is 4.84. The third-order valence-electron chi connectivity index (χ3n) is 6.61. The number of fused-ring (bicyclic) bond motifs is 1. The Kier molecular flexibility index (Phi) is 6.08. The molecule has 0 spiro atoms. The molecule has 0 bridgehead atoms. The fraction of sp³-hybridized carbons (Fsp3) is 0.700. The second kappa shape index (κ2) is 8.57. The van der Waals surface area contributed by atoms with E-state index in [1.54, 1.807) is 10.6 Å². The van der Waals surface area contributed by atoms with Crippen LogP contribution in [-0.2, 0) is 10.0 Å². The van der Waals surface area contributed by atoms with Gasteiger partial charge >= 0.3 is 0 Å².